The Kier molecular flexibility index (Phi) is 7.15. The second kappa shape index (κ2) is 8.37. The second-order valence-electron chi connectivity index (χ2n) is 6.02. The molecule has 1 aliphatic carbocycles. The van der Waals surface area contributed by atoms with Gasteiger partial charge in [-0.15, -0.1) is 0 Å². The van der Waals surface area contributed by atoms with E-state index in [2.05, 4.69) is 33.8 Å². The van der Waals surface area contributed by atoms with E-state index in [0.29, 0.717) is 0 Å². The van der Waals surface area contributed by atoms with Crippen LogP contribution in [0.25, 0.3) is 0 Å². The van der Waals surface area contributed by atoms with Crippen molar-refractivity contribution in [3.8, 4) is 0 Å². The van der Waals surface area contributed by atoms with Crippen LogP contribution in [0.4, 0.5) is 0 Å². The standard InChI is InChI=1S/C18H30O/c1-5-16-7-6-8-17(13-15(4)11-12-19)18(16)10-9-14(2)3/h11,13-14,19H,5-10,12H2,1-4H3/b15-11-,17-13?. The van der Waals surface area contributed by atoms with Gasteiger partial charge in [-0.2, -0.15) is 0 Å². The Morgan fingerprint density at radius 3 is 2.63 bits per heavy atom. The first-order chi connectivity index (χ1) is 9.08. The van der Waals surface area contributed by atoms with Crippen molar-refractivity contribution in [2.45, 2.75) is 66.2 Å². The highest BCUT2D eigenvalue weighted by atomic mass is 16.2. The molecule has 0 aromatic carbocycles. The number of hydrogen-bond donors (Lipinski definition) is 1. The van der Waals surface area contributed by atoms with Crippen LogP contribution in [-0.4, -0.2) is 11.7 Å². The monoisotopic (exact) mass is 262 g/mol. The lowest BCUT2D eigenvalue weighted by Gasteiger charge is -2.24. The Labute approximate surface area is 119 Å². The van der Waals surface area contributed by atoms with Gasteiger partial charge >= 0.3 is 0 Å². The highest BCUT2D eigenvalue weighted by Gasteiger charge is 2.16. The molecule has 1 N–H and O–H groups in total. The van der Waals surface area contributed by atoms with Crippen LogP contribution in [0.2, 0.25) is 0 Å². The largest absolute Gasteiger partial charge is 0.392 e. The van der Waals surface area contributed by atoms with Gasteiger partial charge in [-0.3, -0.25) is 0 Å². The van der Waals surface area contributed by atoms with Crippen molar-refractivity contribution in [3.05, 3.63) is 34.4 Å². The van der Waals surface area contributed by atoms with Gasteiger partial charge in [-0.25, -0.2) is 0 Å². The molecule has 0 heterocycles. The van der Waals surface area contributed by atoms with Crippen LogP contribution in [0, 0.1) is 5.92 Å². The van der Waals surface area contributed by atoms with Gasteiger partial charge < -0.3 is 5.11 Å². The zero-order chi connectivity index (χ0) is 14.3. The summed E-state index contributed by atoms with van der Waals surface area (Å²) in [5.41, 5.74) is 5.99. The molecule has 0 saturated carbocycles. The highest BCUT2D eigenvalue weighted by molar-refractivity contribution is 5.41. The summed E-state index contributed by atoms with van der Waals surface area (Å²) in [5.74, 6) is 0.767. The van der Waals surface area contributed by atoms with Crippen molar-refractivity contribution in [3.63, 3.8) is 0 Å². The molecule has 108 valence electrons. The zero-order valence-corrected chi connectivity index (χ0v) is 13.1. The van der Waals surface area contributed by atoms with E-state index in [1.807, 2.05) is 6.08 Å². The summed E-state index contributed by atoms with van der Waals surface area (Å²) in [7, 11) is 0. The van der Waals surface area contributed by atoms with Gasteiger partial charge in [0.25, 0.3) is 0 Å². The quantitative estimate of drug-likeness (QED) is 0.699. The van der Waals surface area contributed by atoms with Gasteiger partial charge in [0, 0.05) is 0 Å². The lowest BCUT2D eigenvalue weighted by Crippen LogP contribution is -2.05. The number of rotatable bonds is 6. The molecule has 0 aliphatic heterocycles. The third-order valence-electron chi connectivity index (χ3n) is 3.95. The average Bonchev–Trinajstić information content (AvgIpc) is 2.37. The van der Waals surface area contributed by atoms with E-state index in [0.717, 1.165) is 5.92 Å². The van der Waals surface area contributed by atoms with Crippen LogP contribution < -0.4 is 0 Å². The number of aliphatic hydroxyl groups excluding tert-OH is 1. The van der Waals surface area contributed by atoms with E-state index >= 15 is 0 Å². The van der Waals surface area contributed by atoms with Crippen LogP contribution in [0.5, 0.6) is 0 Å². The summed E-state index contributed by atoms with van der Waals surface area (Å²) >= 11 is 0. The summed E-state index contributed by atoms with van der Waals surface area (Å²) in [6, 6.07) is 0. The van der Waals surface area contributed by atoms with E-state index in [4.69, 9.17) is 5.11 Å². The molecule has 1 aliphatic rings. The van der Waals surface area contributed by atoms with E-state index < -0.39 is 0 Å². The summed E-state index contributed by atoms with van der Waals surface area (Å²) in [6.07, 6.45) is 11.6. The maximum Gasteiger partial charge on any atom is 0.0617 e. The summed E-state index contributed by atoms with van der Waals surface area (Å²) in [4.78, 5) is 0. The molecule has 1 rings (SSSR count). The highest BCUT2D eigenvalue weighted by Crippen LogP contribution is 2.35. The Morgan fingerprint density at radius 1 is 1.32 bits per heavy atom. The summed E-state index contributed by atoms with van der Waals surface area (Å²) in [5, 5.41) is 8.99. The molecule has 0 bridgehead atoms. The lowest BCUT2D eigenvalue weighted by molar-refractivity contribution is 0.342. The Bertz CT molecular complexity index is 369. The van der Waals surface area contributed by atoms with Gasteiger partial charge in [-0.1, -0.05) is 44.1 Å². The third-order valence-corrected chi connectivity index (χ3v) is 3.95. The minimum Gasteiger partial charge on any atom is -0.392 e. The van der Waals surface area contributed by atoms with Crippen molar-refractivity contribution >= 4 is 0 Å². The minimum absolute atomic E-state index is 0.140. The number of allylic oxidation sites excluding steroid dienone is 5. The van der Waals surface area contributed by atoms with Gasteiger partial charge in [0.2, 0.25) is 0 Å². The summed E-state index contributed by atoms with van der Waals surface area (Å²) in [6.45, 7) is 9.11. The van der Waals surface area contributed by atoms with Gasteiger partial charge in [0.05, 0.1) is 6.61 Å². The topological polar surface area (TPSA) is 20.2 Å². The van der Waals surface area contributed by atoms with Crippen LogP contribution in [-0.2, 0) is 0 Å². The van der Waals surface area contributed by atoms with Crippen molar-refractivity contribution in [1.29, 1.82) is 0 Å². The predicted molar refractivity (Wildman–Crippen MR) is 84.2 cm³/mol. The maximum atomic E-state index is 8.99. The molecule has 0 spiro atoms. The van der Waals surface area contributed by atoms with E-state index in [1.54, 1.807) is 11.1 Å². The molecule has 0 aromatic rings. The smallest absolute Gasteiger partial charge is 0.0617 e. The third kappa shape index (κ3) is 5.36. The minimum atomic E-state index is 0.140. The zero-order valence-electron chi connectivity index (χ0n) is 13.1. The Morgan fingerprint density at radius 2 is 2.05 bits per heavy atom. The fourth-order valence-corrected chi connectivity index (χ4v) is 2.82. The molecule has 1 nitrogen and oxygen atoms in total. The number of aliphatic hydroxyl groups is 1. The molecule has 0 amide bonds. The number of hydrogen-bond acceptors (Lipinski definition) is 1. The fraction of sp³-hybridized carbons (Fsp3) is 0.667. The molecule has 0 fully saturated rings. The van der Waals surface area contributed by atoms with Crippen LogP contribution in [0.1, 0.15) is 66.2 Å². The van der Waals surface area contributed by atoms with Gasteiger partial charge in [0.15, 0.2) is 0 Å². The molecule has 0 aromatic heterocycles. The normalized spacial score (nSPS) is 19.7. The fourth-order valence-electron chi connectivity index (χ4n) is 2.82. The SMILES string of the molecule is CCC1=C(CCC(C)C)C(=C/C(C)=C\CO)CCC1. The van der Waals surface area contributed by atoms with Gasteiger partial charge in [0.1, 0.15) is 0 Å². The Hall–Kier alpha value is -0.820. The molecule has 0 saturated heterocycles. The van der Waals surface area contributed by atoms with E-state index in [1.165, 1.54) is 49.7 Å². The van der Waals surface area contributed by atoms with Crippen LogP contribution in [0.15, 0.2) is 34.4 Å². The molecule has 1 heteroatoms. The second-order valence-corrected chi connectivity index (χ2v) is 6.02. The van der Waals surface area contributed by atoms with Crippen molar-refractivity contribution in [2.24, 2.45) is 5.92 Å². The maximum absolute atomic E-state index is 8.99. The van der Waals surface area contributed by atoms with Crippen molar-refractivity contribution in [2.75, 3.05) is 6.61 Å². The van der Waals surface area contributed by atoms with E-state index in [9.17, 15) is 0 Å². The van der Waals surface area contributed by atoms with Crippen molar-refractivity contribution in [1.82, 2.24) is 0 Å². The first kappa shape index (κ1) is 16.2. The molecule has 19 heavy (non-hydrogen) atoms. The van der Waals surface area contributed by atoms with E-state index in [-0.39, 0.29) is 6.61 Å². The molecular formula is C18H30O. The lowest BCUT2D eigenvalue weighted by atomic mass is 9.82. The predicted octanol–water partition coefficient (Wildman–Crippen LogP) is 5.18. The molecule has 0 radical (unpaired) electrons. The van der Waals surface area contributed by atoms with Crippen molar-refractivity contribution < 1.29 is 5.11 Å². The molecular weight excluding hydrogens is 232 g/mol. The van der Waals surface area contributed by atoms with Gasteiger partial charge in [-0.05, 0) is 62.5 Å². The first-order valence-electron chi connectivity index (χ1n) is 7.77. The summed E-state index contributed by atoms with van der Waals surface area (Å²) < 4.78 is 0. The molecule has 0 unspecified atom stereocenters. The molecule has 0 atom stereocenters. The van der Waals surface area contributed by atoms with Crippen LogP contribution in [0.3, 0.4) is 0 Å². The average molecular weight is 262 g/mol. The van der Waals surface area contributed by atoms with Crippen LogP contribution >= 0.6 is 0 Å². The Balaban J connectivity index is 2.96. The first-order valence-corrected chi connectivity index (χ1v) is 7.77.